The molecule has 0 amide bonds. The van der Waals surface area contributed by atoms with Gasteiger partial charge < -0.3 is 15.8 Å². The lowest BCUT2D eigenvalue weighted by atomic mass is 10.2. The molecule has 0 fully saturated rings. The van der Waals surface area contributed by atoms with Gasteiger partial charge in [0.25, 0.3) is 0 Å². The van der Waals surface area contributed by atoms with Gasteiger partial charge in [0.15, 0.2) is 0 Å². The first-order valence-corrected chi connectivity index (χ1v) is 6.75. The van der Waals surface area contributed by atoms with Crippen molar-refractivity contribution >= 4 is 17.5 Å². The second-order valence-corrected chi connectivity index (χ2v) is 4.53. The van der Waals surface area contributed by atoms with E-state index in [1.54, 1.807) is 17.7 Å². The first kappa shape index (κ1) is 14.8. The van der Waals surface area contributed by atoms with Gasteiger partial charge in [-0.3, -0.25) is 4.68 Å². The lowest BCUT2D eigenvalue weighted by Gasteiger charge is -2.08. The Morgan fingerprint density at radius 3 is 3.00 bits per heavy atom. The number of esters is 1. The SMILES string of the molecule is CCOC(=O)c1cc(NCCc2ccn(C)n2)ncc1N. The molecule has 2 aromatic heterocycles. The van der Waals surface area contributed by atoms with Crippen LogP contribution in [-0.4, -0.2) is 33.9 Å². The van der Waals surface area contributed by atoms with Crippen LogP contribution in [0.25, 0.3) is 0 Å². The summed E-state index contributed by atoms with van der Waals surface area (Å²) in [4.78, 5) is 15.9. The Kier molecular flexibility index (Phi) is 4.76. The number of hydrogen-bond donors (Lipinski definition) is 2. The summed E-state index contributed by atoms with van der Waals surface area (Å²) in [5, 5.41) is 7.43. The van der Waals surface area contributed by atoms with E-state index >= 15 is 0 Å². The number of nitrogens with two attached hydrogens (primary N) is 1. The van der Waals surface area contributed by atoms with Gasteiger partial charge in [0.05, 0.1) is 29.7 Å². The van der Waals surface area contributed by atoms with E-state index in [4.69, 9.17) is 10.5 Å². The maximum atomic E-state index is 11.7. The van der Waals surface area contributed by atoms with Crippen LogP contribution in [-0.2, 0) is 18.2 Å². The molecular formula is C14H19N5O2. The summed E-state index contributed by atoms with van der Waals surface area (Å²) >= 11 is 0. The van der Waals surface area contributed by atoms with Gasteiger partial charge in [-0.25, -0.2) is 9.78 Å². The molecule has 0 unspecified atom stereocenters. The van der Waals surface area contributed by atoms with Crippen LogP contribution in [0.15, 0.2) is 24.5 Å². The Hall–Kier alpha value is -2.57. The summed E-state index contributed by atoms with van der Waals surface area (Å²) in [6.07, 6.45) is 4.12. The van der Waals surface area contributed by atoms with Crippen LogP contribution in [0.1, 0.15) is 23.0 Å². The molecule has 7 heteroatoms. The zero-order valence-electron chi connectivity index (χ0n) is 12.2. The Labute approximate surface area is 123 Å². The van der Waals surface area contributed by atoms with Crippen LogP contribution in [0.5, 0.6) is 0 Å². The van der Waals surface area contributed by atoms with E-state index in [9.17, 15) is 4.79 Å². The molecule has 0 saturated heterocycles. The average Bonchev–Trinajstić information content (AvgIpc) is 2.86. The summed E-state index contributed by atoms with van der Waals surface area (Å²) < 4.78 is 6.71. The van der Waals surface area contributed by atoms with Crippen molar-refractivity contribution in [2.45, 2.75) is 13.3 Å². The predicted octanol–water partition coefficient (Wildman–Crippen LogP) is 1.23. The molecule has 0 spiro atoms. The number of pyridine rings is 1. The summed E-state index contributed by atoms with van der Waals surface area (Å²) in [6, 6.07) is 3.56. The Balaban J connectivity index is 1.97. The second kappa shape index (κ2) is 6.74. The van der Waals surface area contributed by atoms with Crippen LogP contribution in [0, 0.1) is 0 Å². The van der Waals surface area contributed by atoms with Crippen molar-refractivity contribution < 1.29 is 9.53 Å². The molecule has 0 atom stereocenters. The normalized spacial score (nSPS) is 10.4. The predicted molar refractivity (Wildman–Crippen MR) is 80.0 cm³/mol. The summed E-state index contributed by atoms with van der Waals surface area (Å²) in [5.41, 5.74) is 7.37. The molecule has 2 rings (SSSR count). The molecule has 0 bridgehead atoms. The van der Waals surface area contributed by atoms with E-state index < -0.39 is 5.97 Å². The van der Waals surface area contributed by atoms with Crippen molar-refractivity contribution in [3.63, 3.8) is 0 Å². The lowest BCUT2D eigenvalue weighted by Crippen LogP contribution is -2.11. The van der Waals surface area contributed by atoms with Crippen molar-refractivity contribution in [1.82, 2.24) is 14.8 Å². The van der Waals surface area contributed by atoms with Crippen LogP contribution in [0.4, 0.5) is 11.5 Å². The molecule has 0 aliphatic heterocycles. The number of rotatable bonds is 6. The van der Waals surface area contributed by atoms with Crippen molar-refractivity contribution in [3.8, 4) is 0 Å². The number of carbonyl (C=O) groups is 1. The minimum Gasteiger partial charge on any atom is -0.462 e. The highest BCUT2D eigenvalue weighted by atomic mass is 16.5. The van der Waals surface area contributed by atoms with E-state index in [1.807, 2.05) is 19.3 Å². The third kappa shape index (κ3) is 3.95. The molecule has 0 radical (unpaired) electrons. The Bertz CT molecular complexity index is 624. The standard InChI is InChI=1S/C14H19N5O2/c1-3-21-14(20)11-8-13(17-9-12(11)15)16-6-4-10-5-7-19(2)18-10/h5,7-9H,3-4,6,15H2,1-2H3,(H,16,17). The third-order valence-electron chi connectivity index (χ3n) is 2.89. The van der Waals surface area contributed by atoms with Gasteiger partial charge in [0.1, 0.15) is 5.82 Å². The van der Waals surface area contributed by atoms with E-state index in [2.05, 4.69) is 15.4 Å². The first-order chi connectivity index (χ1) is 10.1. The van der Waals surface area contributed by atoms with Gasteiger partial charge in [-0.2, -0.15) is 5.10 Å². The van der Waals surface area contributed by atoms with E-state index in [0.29, 0.717) is 30.2 Å². The Morgan fingerprint density at radius 2 is 2.33 bits per heavy atom. The molecule has 2 heterocycles. The zero-order chi connectivity index (χ0) is 15.2. The molecule has 3 N–H and O–H groups in total. The van der Waals surface area contributed by atoms with Crippen LogP contribution in [0.2, 0.25) is 0 Å². The number of nitrogens with zero attached hydrogens (tertiary/aromatic N) is 3. The maximum Gasteiger partial charge on any atom is 0.340 e. The fourth-order valence-electron chi connectivity index (χ4n) is 1.86. The quantitative estimate of drug-likeness (QED) is 0.777. The molecule has 7 nitrogen and oxygen atoms in total. The van der Waals surface area contributed by atoms with Gasteiger partial charge >= 0.3 is 5.97 Å². The fraction of sp³-hybridized carbons (Fsp3) is 0.357. The molecule has 2 aromatic rings. The first-order valence-electron chi connectivity index (χ1n) is 6.75. The third-order valence-corrected chi connectivity index (χ3v) is 2.89. The summed E-state index contributed by atoms with van der Waals surface area (Å²) in [5.74, 6) is 0.147. The van der Waals surface area contributed by atoms with E-state index in [-0.39, 0.29) is 0 Å². The zero-order valence-corrected chi connectivity index (χ0v) is 12.2. The lowest BCUT2D eigenvalue weighted by molar-refractivity contribution is 0.0527. The van der Waals surface area contributed by atoms with E-state index in [1.165, 1.54) is 6.20 Å². The van der Waals surface area contributed by atoms with Crippen LogP contribution in [0.3, 0.4) is 0 Å². The second-order valence-electron chi connectivity index (χ2n) is 4.53. The maximum absolute atomic E-state index is 11.7. The highest BCUT2D eigenvalue weighted by molar-refractivity contribution is 5.95. The molecule has 0 saturated carbocycles. The summed E-state index contributed by atoms with van der Waals surface area (Å²) in [7, 11) is 1.88. The van der Waals surface area contributed by atoms with Crippen molar-refractivity contribution in [1.29, 1.82) is 0 Å². The smallest absolute Gasteiger partial charge is 0.340 e. The average molecular weight is 289 g/mol. The van der Waals surface area contributed by atoms with Crippen LogP contribution >= 0.6 is 0 Å². The molecule has 21 heavy (non-hydrogen) atoms. The molecule has 112 valence electrons. The van der Waals surface area contributed by atoms with Crippen LogP contribution < -0.4 is 11.1 Å². The largest absolute Gasteiger partial charge is 0.462 e. The number of carbonyl (C=O) groups excluding carboxylic acids is 1. The number of nitrogens with one attached hydrogen (secondary N) is 1. The molecular weight excluding hydrogens is 270 g/mol. The van der Waals surface area contributed by atoms with Gasteiger partial charge in [-0.1, -0.05) is 0 Å². The van der Waals surface area contributed by atoms with Crippen molar-refractivity contribution in [3.05, 3.63) is 35.8 Å². The minimum absolute atomic E-state index is 0.309. The van der Waals surface area contributed by atoms with Gasteiger partial charge in [-0.05, 0) is 19.1 Å². The topological polar surface area (TPSA) is 95.1 Å². The highest BCUT2D eigenvalue weighted by Gasteiger charge is 2.12. The minimum atomic E-state index is -0.440. The van der Waals surface area contributed by atoms with Gasteiger partial charge in [0.2, 0.25) is 0 Å². The van der Waals surface area contributed by atoms with Gasteiger partial charge in [-0.15, -0.1) is 0 Å². The highest BCUT2D eigenvalue weighted by Crippen LogP contribution is 2.16. The number of aromatic nitrogens is 3. The van der Waals surface area contributed by atoms with Gasteiger partial charge in [0, 0.05) is 26.2 Å². The molecule has 0 aliphatic rings. The monoisotopic (exact) mass is 289 g/mol. The molecule has 0 aliphatic carbocycles. The molecule has 0 aromatic carbocycles. The van der Waals surface area contributed by atoms with E-state index in [0.717, 1.165) is 12.1 Å². The number of ether oxygens (including phenoxy) is 1. The van der Waals surface area contributed by atoms with Crippen molar-refractivity contribution in [2.24, 2.45) is 7.05 Å². The number of anilines is 2. The fourth-order valence-corrected chi connectivity index (χ4v) is 1.86. The number of aryl methyl sites for hydroxylation is 1. The Morgan fingerprint density at radius 1 is 1.52 bits per heavy atom. The van der Waals surface area contributed by atoms with Crippen molar-refractivity contribution in [2.75, 3.05) is 24.2 Å². The number of nitrogen functional groups attached to an aromatic ring is 1. The number of hydrogen-bond acceptors (Lipinski definition) is 6. The summed E-state index contributed by atoms with van der Waals surface area (Å²) in [6.45, 7) is 2.72.